The molecule has 2 atom stereocenters. The largest absolute Gasteiger partial charge is 0.394 e. The Morgan fingerprint density at radius 1 is 1.43 bits per heavy atom. The van der Waals surface area contributed by atoms with E-state index >= 15 is 0 Å². The van der Waals surface area contributed by atoms with Gasteiger partial charge < -0.3 is 14.6 Å². The number of hydrogen-bond donors (Lipinski definition) is 1. The van der Waals surface area contributed by atoms with Crippen LogP contribution in [-0.2, 0) is 9.47 Å². The van der Waals surface area contributed by atoms with Gasteiger partial charge in [0, 0.05) is 11.3 Å². The molecule has 1 fully saturated rings. The molecule has 0 aliphatic carbocycles. The highest BCUT2D eigenvalue weighted by Gasteiger charge is 2.52. The average Bonchev–Trinajstić information content (AvgIpc) is 2.47. The van der Waals surface area contributed by atoms with Gasteiger partial charge in [0.2, 0.25) is 0 Å². The summed E-state index contributed by atoms with van der Waals surface area (Å²) in [5, 5.41) is 9.04. The molecule has 1 aliphatic heterocycles. The monoisotopic (exact) mass is 202 g/mol. The minimum Gasteiger partial charge on any atom is -0.394 e. The van der Waals surface area contributed by atoms with E-state index in [-0.39, 0.29) is 24.0 Å². The lowest BCUT2D eigenvalue weighted by Gasteiger charge is -2.43. The quantitative estimate of drug-likeness (QED) is 0.742. The number of aliphatic hydroxyl groups excluding tert-OH is 1. The second-order valence-electron chi connectivity index (χ2n) is 5.31. The zero-order valence-electron chi connectivity index (χ0n) is 9.83. The van der Waals surface area contributed by atoms with E-state index in [1.54, 1.807) is 0 Å². The van der Waals surface area contributed by atoms with E-state index < -0.39 is 5.79 Å². The molecule has 1 rings (SSSR count). The first kappa shape index (κ1) is 12.0. The molecule has 84 valence electrons. The highest BCUT2D eigenvalue weighted by atomic mass is 16.8. The van der Waals surface area contributed by atoms with E-state index in [0.29, 0.717) is 6.61 Å². The molecule has 3 nitrogen and oxygen atoms in total. The molecule has 2 unspecified atom stereocenters. The van der Waals surface area contributed by atoms with Gasteiger partial charge in [-0.05, 0) is 0 Å². The van der Waals surface area contributed by atoms with Crippen molar-refractivity contribution >= 4 is 0 Å². The average molecular weight is 202 g/mol. The predicted octanol–water partition coefficient (Wildman–Crippen LogP) is 1.79. The lowest BCUT2D eigenvalue weighted by Crippen LogP contribution is -2.49. The van der Waals surface area contributed by atoms with Crippen LogP contribution in [0.1, 0.15) is 34.6 Å². The minimum absolute atomic E-state index is 0.0323. The molecule has 1 heterocycles. The SMILES string of the molecule is CC(C)C1(C(C)(C)C)OCC(CO)O1. The molecule has 0 aromatic heterocycles. The zero-order chi connectivity index (χ0) is 11.0. The summed E-state index contributed by atoms with van der Waals surface area (Å²) in [6.45, 7) is 11.0. The molecule has 0 bridgehead atoms. The van der Waals surface area contributed by atoms with E-state index in [1.807, 2.05) is 0 Å². The third kappa shape index (κ3) is 1.81. The first-order valence-electron chi connectivity index (χ1n) is 5.26. The summed E-state index contributed by atoms with van der Waals surface area (Å²) in [7, 11) is 0. The topological polar surface area (TPSA) is 38.7 Å². The van der Waals surface area contributed by atoms with Crippen molar-refractivity contribution in [1.82, 2.24) is 0 Å². The molecule has 0 aromatic carbocycles. The van der Waals surface area contributed by atoms with Gasteiger partial charge in [-0.25, -0.2) is 0 Å². The first-order chi connectivity index (χ1) is 6.33. The molecule has 0 spiro atoms. The number of hydrogen-bond acceptors (Lipinski definition) is 3. The third-order valence-electron chi connectivity index (χ3n) is 2.83. The van der Waals surface area contributed by atoms with Crippen molar-refractivity contribution in [2.45, 2.75) is 46.5 Å². The van der Waals surface area contributed by atoms with E-state index in [0.717, 1.165) is 0 Å². The maximum absolute atomic E-state index is 9.04. The third-order valence-corrected chi connectivity index (χ3v) is 2.83. The van der Waals surface area contributed by atoms with Crippen LogP contribution in [0.25, 0.3) is 0 Å². The molecule has 1 saturated heterocycles. The van der Waals surface area contributed by atoms with E-state index in [9.17, 15) is 0 Å². The highest BCUT2D eigenvalue weighted by Crippen LogP contribution is 2.44. The van der Waals surface area contributed by atoms with Crippen molar-refractivity contribution in [1.29, 1.82) is 0 Å². The number of ether oxygens (including phenoxy) is 2. The predicted molar refractivity (Wildman–Crippen MR) is 54.9 cm³/mol. The molecular weight excluding hydrogens is 180 g/mol. The van der Waals surface area contributed by atoms with Crippen LogP contribution >= 0.6 is 0 Å². The number of rotatable bonds is 2. The van der Waals surface area contributed by atoms with E-state index in [4.69, 9.17) is 14.6 Å². The van der Waals surface area contributed by atoms with Gasteiger partial charge in [-0.15, -0.1) is 0 Å². The normalized spacial score (nSPS) is 34.1. The van der Waals surface area contributed by atoms with Crippen LogP contribution in [0.3, 0.4) is 0 Å². The Morgan fingerprint density at radius 3 is 2.21 bits per heavy atom. The second-order valence-corrected chi connectivity index (χ2v) is 5.31. The van der Waals surface area contributed by atoms with Crippen LogP contribution in [-0.4, -0.2) is 30.2 Å². The Hall–Kier alpha value is -0.120. The van der Waals surface area contributed by atoms with Gasteiger partial charge in [-0.2, -0.15) is 0 Å². The van der Waals surface area contributed by atoms with E-state index in [1.165, 1.54) is 0 Å². The molecule has 0 saturated carbocycles. The van der Waals surface area contributed by atoms with Gasteiger partial charge in [0.05, 0.1) is 13.2 Å². The van der Waals surface area contributed by atoms with Gasteiger partial charge in [0.15, 0.2) is 5.79 Å². The van der Waals surface area contributed by atoms with Crippen LogP contribution in [0.2, 0.25) is 0 Å². The van der Waals surface area contributed by atoms with Gasteiger partial charge in [0.1, 0.15) is 6.10 Å². The molecule has 0 radical (unpaired) electrons. The Kier molecular flexibility index (Phi) is 3.24. The highest BCUT2D eigenvalue weighted by molar-refractivity contribution is 4.91. The molecule has 14 heavy (non-hydrogen) atoms. The standard InChI is InChI=1S/C11H22O3/c1-8(2)11(10(3,4)5)13-7-9(6-12)14-11/h8-9,12H,6-7H2,1-5H3. The summed E-state index contributed by atoms with van der Waals surface area (Å²) in [6, 6.07) is 0. The minimum atomic E-state index is -0.555. The smallest absolute Gasteiger partial charge is 0.176 e. The van der Waals surface area contributed by atoms with Crippen molar-refractivity contribution in [2.24, 2.45) is 11.3 Å². The lowest BCUT2D eigenvalue weighted by molar-refractivity contribution is -0.259. The van der Waals surface area contributed by atoms with Crippen molar-refractivity contribution in [3.05, 3.63) is 0 Å². The molecule has 0 aromatic rings. The van der Waals surface area contributed by atoms with Crippen LogP contribution in [0.5, 0.6) is 0 Å². The molecule has 1 aliphatic rings. The fourth-order valence-electron chi connectivity index (χ4n) is 2.18. The Balaban J connectivity index is 2.87. The Morgan fingerprint density at radius 2 is 2.00 bits per heavy atom. The molecule has 1 N–H and O–H groups in total. The lowest BCUT2D eigenvalue weighted by atomic mass is 9.78. The Labute approximate surface area is 86.4 Å². The summed E-state index contributed by atoms with van der Waals surface area (Å²) in [4.78, 5) is 0. The molecular formula is C11H22O3. The summed E-state index contributed by atoms with van der Waals surface area (Å²) in [5.74, 6) is -0.278. The summed E-state index contributed by atoms with van der Waals surface area (Å²) in [6.07, 6.45) is -0.170. The second kappa shape index (κ2) is 3.80. The fourth-order valence-corrected chi connectivity index (χ4v) is 2.18. The summed E-state index contributed by atoms with van der Waals surface area (Å²) in [5.41, 5.74) is -0.0783. The van der Waals surface area contributed by atoms with Crippen LogP contribution in [0.15, 0.2) is 0 Å². The molecule has 0 amide bonds. The summed E-state index contributed by atoms with van der Waals surface area (Å²) < 4.78 is 11.6. The maximum Gasteiger partial charge on any atom is 0.176 e. The van der Waals surface area contributed by atoms with Gasteiger partial charge in [-0.1, -0.05) is 34.6 Å². The summed E-state index contributed by atoms with van der Waals surface area (Å²) >= 11 is 0. The van der Waals surface area contributed by atoms with Gasteiger partial charge in [0.25, 0.3) is 0 Å². The van der Waals surface area contributed by atoms with Crippen LogP contribution < -0.4 is 0 Å². The van der Waals surface area contributed by atoms with Gasteiger partial charge in [-0.3, -0.25) is 0 Å². The van der Waals surface area contributed by atoms with Crippen molar-refractivity contribution < 1.29 is 14.6 Å². The van der Waals surface area contributed by atoms with Crippen molar-refractivity contribution in [2.75, 3.05) is 13.2 Å². The first-order valence-corrected chi connectivity index (χ1v) is 5.26. The van der Waals surface area contributed by atoms with Crippen LogP contribution in [0, 0.1) is 11.3 Å². The van der Waals surface area contributed by atoms with E-state index in [2.05, 4.69) is 34.6 Å². The Bertz CT molecular complexity index is 195. The van der Waals surface area contributed by atoms with Gasteiger partial charge >= 0.3 is 0 Å². The number of aliphatic hydroxyl groups is 1. The van der Waals surface area contributed by atoms with Crippen molar-refractivity contribution in [3.63, 3.8) is 0 Å². The fraction of sp³-hybridized carbons (Fsp3) is 1.00. The zero-order valence-corrected chi connectivity index (χ0v) is 9.83. The maximum atomic E-state index is 9.04. The van der Waals surface area contributed by atoms with Crippen molar-refractivity contribution in [3.8, 4) is 0 Å². The van der Waals surface area contributed by atoms with Crippen LogP contribution in [0.4, 0.5) is 0 Å². The molecule has 3 heteroatoms.